The third-order valence-electron chi connectivity index (χ3n) is 3.82. The number of carbonyl (C=O) groups is 2. The van der Waals surface area contributed by atoms with Crippen LogP contribution in [0.2, 0.25) is 5.02 Å². The number of amides is 2. The lowest BCUT2D eigenvalue weighted by molar-refractivity contribution is 0.0846. The zero-order valence-corrected chi connectivity index (χ0v) is 18.3. The quantitative estimate of drug-likeness (QED) is 0.549. The van der Waals surface area contributed by atoms with E-state index in [9.17, 15) is 18.0 Å². The second-order valence-electron chi connectivity index (χ2n) is 6.40. The third-order valence-corrected chi connectivity index (χ3v) is 5.80. The van der Waals surface area contributed by atoms with Gasteiger partial charge < -0.3 is 9.47 Å². The second-order valence-corrected chi connectivity index (χ2v) is 8.52. The summed E-state index contributed by atoms with van der Waals surface area (Å²) in [6.07, 6.45) is 0. The molecule has 2 rings (SSSR count). The Balaban J connectivity index is 2.16. The normalized spacial score (nSPS) is 11.1. The minimum Gasteiger partial charge on any atom is -0.493 e. The number of halogens is 1. The highest BCUT2D eigenvalue weighted by molar-refractivity contribution is 7.89. The Hall–Kier alpha value is -2.82. The van der Waals surface area contributed by atoms with Gasteiger partial charge in [-0.2, -0.15) is 0 Å². The van der Waals surface area contributed by atoms with Crippen LogP contribution in [0.15, 0.2) is 41.3 Å². The number of rotatable bonds is 7. The van der Waals surface area contributed by atoms with Gasteiger partial charge in [0.1, 0.15) is 0 Å². The first-order valence-corrected chi connectivity index (χ1v) is 10.6. The molecule has 0 bridgehead atoms. The predicted octanol–water partition coefficient (Wildman–Crippen LogP) is 2.12. The van der Waals surface area contributed by atoms with E-state index in [2.05, 4.69) is 15.6 Å². The van der Waals surface area contributed by atoms with E-state index in [0.29, 0.717) is 11.5 Å². The highest BCUT2D eigenvalue weighted by Crippen LogP contribution is 2.27. The Bertz CT molecular complexity index is 1060. The molecule has 162 valence electrons. The average molecular weight is 456 g/mol. The van der Waals surface area contributed by atoms with E-state index in [1.807, 2.05) is 0 Å². The maximum Gasteiger partial charge on any atom is 0.271 e. The minimum absolute atomic E-state index is 0.0244. The summed E-state index contributed by atoms with van der Waals surface area (Å²) in [4.78, 5) is 24.6. The number of benzene rings is 2. The van der Waals surface area contributed by atoms with Crippen LogP contribution in [0.3, 0.4) is 0 Å². The number of methoxy groups -OCH3 is 2. The van der Waals surface area contributed by atoms with Crippen LogP contribution < -0.4 is 25.0 Å². The van der Waals surface area contributed by atoms with Crippen LogP contribution >= 0.6 is 11.6 Å². The maximum absolute atomic E-state index is 12.5. The van der Waals surface area contributed by atoms with Crippen LogP contribution in [-0.2, 0) is 10.0 Å². The van der Waals surface area contributed by atoms with Crippen molar-refractivity contribution >= 4 is 33.4 Å². The number of ether oxygens (including phenoxy) is 2. The fourth-order valence-corrected chi connectivity index (χ4v) is 3.93. The molecule has 2 aromatic carbocycles. The summed E-state index contributed by atoms with van der Waals surface area (Å²) in [5.41, 5.74) is 4.55. The van der Waals surface area contributed by atoms with Gasteiger partial charge >= 0.3 is 0 Å². The number of sulfonamides is 1. The molecular weight excluding hydrogens is 434 g/mol. The van der Waals surface area contributed by atoms with Gasteiger partial charge in [0.2, 0.25) is 10.0 Å². The summed E-state index contributed by atoms with van der Waals surface area (Å²) in [5.74, 6) is -0.617. The number of hydrogen-bond acceptors (Lipinski definition) is 6. The van der Waals surface area contributed by atoms with Crippen LogP contribution in [0.5, 0.6) is 11.5 Å². The monoisotopic (exact) mass is 455 g/mol. The van der Waals surface area contributed by atoms with Crippen molar-refractivity contribution < 1.29 is 27.5 Å². The molecule has 9 nitrogen and oxygen atoms in total. The van der Waals surface area contributed by atoms with E-state index in [4.69, 9.17) is 21.1 Å². The van der Waals surface area contributed by atoms with E-state index in [-0.39, 0.29) is 27.1 Å². The van der Waals surface area contributed by atoms with Crippen molar-refractivity contribution in [3.05, 3.63) is 52.5 Å². The fraction of sp³-hybridized carbons (Fsp3) is 0.263. The molecule has 0 spiro atoms. The zero-order chi connectivity index (χ0) is 22.5. The highest BCUT2D eigenvalue weighted by atomic mass is 35.5. The van der Waals surface area contributed by atoms with Crippen LogP contribution in [-0.4, -0.2) is 40.5 Å². The first-order valence-electron chi connectivity index (χ1n) is 8.73. The largest absolute Gasteiger partial charge is 0.493 e. The maximum atomic E-state index is 12.5. The molecule has 0 saturated carbocycles. The predicted molar refractivity (Wildman–Crippen MR) is 111 cm³/mol. The summed E-state index contributed by atoms with van der Waals surface area (Å²) in [7, 11) is -0.929. The molecule has 2 aromatic rings. The van der Waals surface area contributed by atoms with Gasteiger partial charge in [-0.15, -0.1) is 0 Å². The molecule has 3 N–H and O–H groups in total. The molecule has 0 saturated heterocycles. The van der Waals surface area contributed by atoms with Gasteiger partial charge in [0.05, 0.1) is 29.7 Å². The molecule has 0 radical (unpaired) electrons. The van der Waals surface area contributed by atoms with E-state index < -0.39 is 21.8 Å². The van der Waals surface area contributed by atoms with Crippen molar-refractivity contribution in [2.45, 2.75) is 24.8 Å². The molecule has 0 unspecified atom stereocenters. The second kappa shape index (κ2) is 9.79. The topological polar surface area (TPSA) is 123 Å². The van der Waals surface area contributed by atoms with E-state index in [0.717, 1.165) is 6.07 Å². The summed E-state index contributed by atoms with van der Waals surface area (Å²) in [6, 6.07) is 7.85. The van der Waals surface area contributed by atoms with Gasteiger partial charge in [0.25, 0.3) is 11.8 Å². The van der Waals surface area contributed by atoms with E-state index in [1.54, 1.807) is 19.9 Å². The van der Waals surface area contributed by atoms with Crippen LogP contribution in [0.1, 0.15) is 34.6 Å². The summed E-state index contributed by atoms with van der Waals surface area (Å²) in [5, 5.41) is 0.0244. The van der Waals surface area contributed by atoms with Gasteiger partial charge in [0.15, 0.2) is 11.5 Å². The SMILES string of the molecule is COc1ccc(C(=O)NNC(=O)c2cc(S(=O)(=O)NC(C)C)ccc2Cl)cc1OC. The highest BCUT2D eigenvalue weighted by Gasteiger charge is 2.20. The van der Waals surface area contributed by atoms with Crippen LogP contribution in [0.4, 0.5) is 0 Å². The number of carbonyl (C=O) groups excluding carboxylic acids is 2. The molecular formula is C19H22ClN3O6S. The molecule has 2 amide bonds. The third kappa shape index (κ3) is 5.62. The first kappa shape index (κ1) is 23.5. The average Bonchev–Trinajstić information content (AvgIpc) is 2.70. The van der Waals surface area contributed by atoms with Crippen LogP contribution in [0.25, 0.3) is 0 Å². The number of hydrazine groups is 1. The lowest BCUT2D eigenvalue weighted by Crippen LogP contribution is -2.41. The molecule has 0 aliphatic rings. The Kier molecular flexibility index (Phi) is 7.65. The van der Waals surface area contributed by atoms with E-state index in [1.165, 1.54) is 38.5 Å². The summed E-state index contributed by atoms with van der Waals surface area (Å²) >= 11 is 6.03. The first-order chi connectivity index (χ1) is 14.1. The summed E-state index contributed by atoms with van der Waals surface area (Å²) in [6.45, 7) is 3.34. The number of hydrogen-bond donors (Lipinski definition) is 3. The molecule has 0 aromatic heterocycles. The Labute approximate surface area is 179 Å². The van der Waals surface area contributed by atoms with Gasteiger partial charge in [-0.3, -0.25) is 20.4 Å². The molecule has 0 aliphatic heterocycles. The molecule has 0 atom stereocenters. The lowest BCUT2D eigenvalue weighted by atomic mass is 10.2. The van der Waals surface area contributed by atoms with Gasteiger partial charge in [-0.05, 0) is 50.2 Å². The van der Waals surface area contributed by atoms with Crippen LogP contribution in [0, 0.1) is 0 Å². The van der Waals surface area contributed by atoms with Crippen molar-refractivity contribution in [2.24, 2.45) is 0 Å². The zero-order valence-electron chi connectivity index (χ0n) is 16.8. The van der Waals surface area contributed by atoms with Crippen molar-refractivity contribution in [3.63, 3.8) is 0 Å². The molecule has 30 heavy (non-hydrogen) atoms. The van der Waals surface area contributed by atoms with Crippen molar-refractivity contribution in [1.29, 1.82) is 0 Å². The van der Waals surface area contributed by atoms with Gasteiger partial charge in [0, 0.05) is 11.6 Å². The minimum atomic E-state index is -3.82. The summed E-state index contributed by atoms with van der Waals surface area (Å²) < 4.78 is 37.3. The molecule has 0 aliphatic carbocycles. The lowest BCUT2D eigenvalue weighted by Gasteiger charge is -2.13. The Morgan fingerprint density at radius 2 is 1.57 bits per heavy atom. The van der Waals surface area contributed by atoms with Crippen molar-refractivity contribution in [3.8, 4) is 11.5 Å². The fourth-order valence-electron chi connectivity index (χ4n) is 2.45. The Morgan fingerprint density at radius 3 is 2.17 bits per heavy atom. The van der Waals surface area contributed by atoms with Gasteiger partial charge in [-0.25, -0.2) is 13.1 Å². The number of nitrogens with one attached hydrogen (secondary N) is 3. The molecule has 11 heteroatoms. The van der Waals surface area contributed by atoms with Crippen molar-refractivity contribution in [2.75, 3.05) is 14.2 Å². The standard InChI is InChI=1S/C19H22ClN3O6S/c1-11(2)23-30(26,27)13-6-7-15(20)14(10-13)19(25)22-21-18(24)12-5-8-16(28-3)17(9-12)29-4/h5-11,23H,1-4H3,(H,21,24)(H,22,25). The van der Waals surface area contributed by atoms with Gasteiger partial charge in [-0.1, -0.05) is 11.6 Å². The molecule has 0 fully saturated rings. The van der Waals surface area contributed by atoms with Crippen molar-refractivity contribution in [1.82, 2.24) is 15.6 Å². The van der Waals surface area contributed by atoms with E-state index >= 15 is 0 Å². The smallest absolute Gasteiger partial charge is 0.271 e. The molecule has 0 heterocycles. The Morgan fingerprint density at radius 1 is 0.933 bits per heavy atom.